The molecule has 1 aromatic carbocycles. The Kier molecular flexibility index (Phi) is 3.44. The standard InChI is InChI=1S/C13H15N3O2S/c1-9-5-6-12(10(2)8-9)16-19(17,18)13-11(14)4-3-7-15-13/h3-8,16H,14H2,1-2H3. The van der Waals surface area contributed by atoms with Crippen molar-refractivity contribution in [2.24, 2.45) is 0 Å². The first-order chi connectivity index (χ1) is 8.90. The fourth-order valence-corrected chi connectivity index (χ4v) is 2.94. The molecule has 2 aromatic rings. The molecule has 0 saturated heterocycles. The van der Waals surface area contributed by atoms with Crippen LogP contribution in [0.15, 0.2) is 41.6 Å². The van der Waals surface area contributed by atoms with E-state index in [4.69, 9.17) is 5.73 Å². The number of hydrogen-bond donors (Lipinski definition) is 2. The maximum atomic E-state index is 12.2. The zero-order chi connectivity index (χ0) is 14.0. The highest BCUT2D eigenvalue weighted by Gasteiger charge is 2.19. The van der Waals surface area contributed by atoms with E-state index in [1.165, 1.54) is 12.3 Å². The summed E-state index contributed by atoms with van der Waals surface area (Å²) in [4.78, 5) is 3.82. The first-order valence-electron chi connectivity index (χ1n) is 5.71. The van der Waals surface area contributed by atoms with Gasteiger partial charge in [0.15, 0.2) is 5.03 Å². The van der Waals surface area contributed by atoms with Crippen molar-refractivity contribution in [3.8, 4) is 0 Å². The van der Waals surface area contributed by atoms with Gasteiger partial charge in [0.25, 0.3) is 10.0 Å². The van der Waals surface area contributed by atoms with E-state index in [1.54, 1.807) is 12.1 Å². The van der Waals surface area contributed by atoms with Gasteiger partial charge < -0.3 is 5.73 Å². The van der Waals surface area contributed by atoms with Crippen LogP contribution in [0, 0.1) is 13.8 Å². The smallest absolute Gasteiger partial charge is 0.281 e. The number of rotatable bonds is 3. The topological polar surface area (TPSA) is 85.1 Å². The largest absolute Gasteiger partial charge is 0.396 e. The Balaban J connectivity index is 2.40. The lowest BCUT2D eigenvalue weighted by atomic mass is 10.1. The summed E-state index contributed by atoms with van der Waals surface area (Å²) in [7, 11) is -3.77. The lowest BCUT2D eigenvalue weighted by Gasteiger charge is -2.11. The molecule has 100 valence electrons. The minimum atomic E-state index is -3.77. The summed E-state index contributed by atoms with van der Waals surface area (Å²) in [6.07, 6.45) is 1.40. The summed E-state index contributed by atoms with van der Waals surface area (Å²) in [6.45, 7) is 3.79. The SMILES string of the molecule is Cc1ccc(NS(=O)(=O)c2ncccc2N)c(C)c1. The van der Waals surface area contributed by atoms with Crippen LogP contribution < -0.4 is 10.5 Å². The van der Waals surface area contributed by atoms with Crippen molar-refractivity contribution in [2.45, 2.75) is 18.9 Å². The Morgan fingerprint density at radius 3 is 2.58 bits per heavy atom. The lowest BCUT2D eigenvalue weighted by Crippen LogP contribution is -2.17. The zero-order valence-electron chi connectivity index (χ0n) is 10.7. The molecule has 3 N–H and O–H groups in total. The predicted molar refractivity (Wildman–Crippen MR) is 75.4 cm³/mol. The van der Waals surface area contributed by atoms with Crippen LogP contribution in [0.1, 0.15) is 11.1 Å². The molecule has 0 amide bonds. The van der Waals surface area contributed by atoms with Crippen molar-refractivity contribution >= 4 is 21.4 Å². The van der Waals surface area contributed by atoms with Gasteiger partial charge in [-0.2, -0.15) is 8.42 Å². The first-order valence-corrected chi connectivity index (χ1v) is 7.19. The highest BCUT2D eigenvalue weighted by molar-refractivity contribution is 7.92. The molecule has 5 nitrogen and oxygen atoms in total. The number of nitrogens with one attached hydrogen (secondary N) is 1. The number of aromatic nitrogens is 1. The molecule has 1 aromatic heterocycles. The number of aryl methyl sites for hydroxylation is 2. The van der Waals surface area contributed by atoms with E-state index < -0.39 is 10.0 Å². The van der Waals surface area contributed by atoms with Crippen molar-refractivity contribution in [1.29, 1.82) is 0 Å². The summed E-state index contributed by atoms with van der Waals surface area (Å²) >= 11 is 0. The number of nitrogens with zero attached hydrogens (tertiary/aromatic N) is 1. The molecule has 19 heavy (non-hydrogen) atoms. The average Bonchev–Trinajstić information content (AvgIpc) is 2.33. The lowest BCUT2D eigenvalue weighted by molar-refractivity contribution is 0.598. The van der Waals surface area contributed by atoms with Gasteiger partial charge in [-0.05, 0) is 37.6 Å². The van der Waals surface area contributed by atoms with Crippen LogP contribution in [0.2, 0.25) is 0 Å². The molecule has 2 rings (SSSR count). The molecular weight excluding hydrogens is 262 g/mol. The molecule has 0 radical (unpaired) electrons. The maximum absolute atomic E-state index is 12.2. The number of benzene rings is 1. The molecule has 0 aliphatic carbocycles. The van der Waals surface area contributed by atoms with Crippen molar-refractivity contribution in [3.63, 3.8) is 0 Å². The molecule has 0 bridgehead atoms. The van der Waals surface area contributed by atoms with Crippen LogP contribution in [0.4, 0.5) is 11.4 Å². The number of pyridine rings is 1. The Morgan fingerprint density at radius 2 is 1.95 bits per heavy atom. The second-order valence-corrected chi connectivity index (χ2v) is 5.92. The third kappa shape index (κ3) is 2.85. The summed E-state index contributed by atoms with van der Waals surface area (Å²) < 4.78 is 26.9. The zero-order valence-corrected chi connectivity index (χ0v) is 11.5. The average molecular weight is 277 g/mol. The Bertz CT molecular complexity index is 712. The highest BCUT2D eigenvalue weighted by Crippen LogP contribution is 2.22. The molecule has 6 heteroatoms. The van der Waals surface area contributed by atoms with E-state index in [0.29, 0.717) is 5.69 Å². The van der Waals surface area contributed by atoms with E-state index in [2.05, 4.69) is 9.71 Å². The first kappa shape index (κ1) is 13.4. The second kappa shape index (κ2) is 4.89. The molecule has 0 saturated carbocycles. The number of sulfonamides is 1. The summed E-state index contributed by atoms with van der Waals surface area (Å²) in [5.74, 6) is 0. The van der Waals surface area contributed by atoms with Gasteiger partial charge in [-0.15, -0.1) is 0 Å². The van der Waals surface area contributed by atoms with Crippen molar-refractivity contribution in [1.82, 2.24) is 4.98 Å². The van der Waals surface area contributed by atoms with Gasteiger partial charge in [0.1, 0.15) is 0 Å². The van der Waals surface area contributed by atoms with Gasteiger partial charge >= 0.3 is 0 Å². The van der Waals surface area contributed by atoms with Gasteiger partial charge in [0, 0.05) is 6.20 Å². The molecular formula is C13H15N3O2S. The monoisotopic (exact) mass is 277 g/mol. The number of hydrogen-bond acceptors (Lipinski definition) is 4. The van der Waals surface area contributed by atoms with Crippen molar-refractivity contribution in [3.05, 3.63) is 47.7 Å². The van der Waals surface area contributed by atoms with E-state index in [0.717, 1.165) is 11.1 Å². The molecule has 0 atom stereocenters. The van der Waals surface area contributed by atoms with Gasteiger partial charge in [-0.3, -0.25) is 4.72 Å². The Labute approximate surface area is 112 Å². The predicted octanol–water partition coefficient (Wildman–Crippen LogP) is 2.08. The molecule has 0 aliphatic heterocycles. The third-order valence-corrected chi connectivity index (χ3v) is 4.02. The van der Waals surface area contributed by atoms with Gasteiger partial charge in [-0.1, -0.05) is 17.7 Å². The fourth-order valence-electron chi connectivity index (χ4n) is 1.75. The summed E-state index contributed by atoms with van der Waals surface area (Å²) in [5, 5.41) is -0.157. The number of nitrogen functional groups attached to an aromatic ring is 1. The van der Waals surface area contributed by atoms with Crippen molar-refractivity contribution < 1.29 is 8.42 Å². The van der Waals surface area contributed by atoms with Crippen LogP contribution in [0.5, 0.6) is 0 Å². The van der Waals surface area contributed by atoms with Gasteiger partial charge in [0.05, 0.1) is 11.4 Å². The van der Waals surface area contributed by atoms with Gasteiger partial charge in [-0.25, -0.2) is 4.98 Å². The maximum Gasteiger partial charge on any atom is 0.281 e. The Hall–Kier alpha value is -2.08. The van der Waals surface area contributed by atoms with Gasteiger partial charge in [0.2, 0.25) is 0 Å². The molecule has 0 unspecified atom stereocenters. The van der Waals surface area contributed by atoms with E-state index >= 15 is 0 Å². The van der Waals surface area contributed by atoms with Crippen LogP contribution in [-0.4, -0.2) is 13.4 Å². The Morgan fingerprint density at radius 1 is 1.21 bits per heavy atom. The van der Waals surface area contributed by atoms with E-state index in [1.807, 2.05) is 26.0 Å². The molecule has 1 heterocycles. The van der Waals surface area contributed by atoms with Crippen LogP contribution in [0.3, 0.4) is 0 Å². The summed E-state index contributed by atoms with van der Waals surface area (Å²) in [5.41, 5.74) is 8.20. The summed E-state index contributed by atoms with van der Waals surface area (Å²) in [6, 6.07) is 8.56. The molecule has 0 aliphatic rings. The fraction of sp³-hybridized carbons (Fsp3) is 0.154. The third-order valence-electron chi connectivity index (χ3n) is 2.68. The van der Waals surface area contributed by atoms with Crippen LogP contribution in [-0.2, 0) is 10.0 Å². The van der Waals surface area contributed by atoms with E-state index in [-0.39, 0.29) is 10.7 Å². The van der Waals surface area contributed by atoms with E-state index in [9.17, 15) is 8.42 Å². The van der Waals surface area contributed by atoms with Crippen molar-refractivity contribution in [2.75, 3.05) is 10.5 Å². The van der Waals surface area contributed by atoms with Crippen LogP contribution >= 0.6 is 0 Å². The molecule has 0 spiro atoms. The second-order valence-electron chi connectivity index (χ2n) is 4.32. The minimum absolute atomic E-state index is 0.125. The molecule has 0 fully saturated rings. The number of anilines is 2. The number of nitrogens with two attached hydrogens (primary N) is 1. The highest BCUT2D eigenvalue weighted by atomic mass is 32.2. The quantitative estimate of drug-likeness (QED) is 0.899. The van der Waals surface area contributed by atoms with Crippen LogP contribution in [0.25, 0.3) is 0 Å². The normalized spacial score (nSPS) is 11.3. The minimum Gasteiger partial charge on any atom is -0.396 e.